The molecule has 0 amide bonds. The number of aromatic nitrogens is 3. The van der Waals surface area contributed by atoms with E-state index in [1.54, 1.807) is 0 Å². The third-order valence-electron chi connectivity index (χ3n) is 5.00. The van der Waals surface area contributed by atoms with E-state index in [1.807, 2.05) is 79.7 Å². The number of rotatable bonds is 8. The van der Waals surface area contributed by atoms with E-state index in [2.05, 4.69) is 54.9 Å². The number of anilines is 5. The van der Waals surface area contributed by atoms with Crippen LogP contribution < -0.4 is 15.5 Å². The molecule has 172 valence electrons. The minimum atomic E-state index is 0.0934. The number of benzene rings is 3. The molecule has 2 N–H and O–H groups in total. The van der Waals surface area contributed by atoms with Crippen molar-refractivity contribution < 1.29 is 0 Å². The first-order valence-corrected chi connectivity index (χ1v) is 11.2. The molecule has 8 nitrogen and oxygen atoms in total. The molecule has 34 heavy (non-hydrogen) atoms. The highest BCUT2D eigenvalue weighted by Gasteiger charge is 2.07. The van der Waals surface area contributed by atoms with Gasteiger partial charge in [-0.3, -0.25) is 0 Å². The topological polar surface area (TPSA) is 90.7 Å². The van der Waals surface area contributed by atoms with Crippen LogP contribution in [0.5, 0.6) is 0 Å². The molecule has 0 aliphatic heterocycles. The van der Waals surface area contributed by atoms with Gasteiger partial charge < -0.3 is 15.5 Å². The molecule has 1 aromatic heterocycles. The first-order chi connectivity index (χ1) is 16.5. The first-order valence-electron chi connectivity index (χ1n) is 10.8. The summed E-state index contributed by atoms with van der Waals surface area (Å²) in [6.07, 6.45) is 0.982. The molecule has 0 aliphatic rings. The summed E-state index contributed by atoms with van der Waals surface area (Å²) in [6, 6.07) is 23.4. The Balaban J connectivity index is 1.41. The Kier molecular flexibility index (Phi) is 7.29. The van der Waals surface area contributed by atoms with Crippen molar-refractivity contribution in [3.05, 3.63) is 83.6 Å². The average Bonchev–Trinajstić information content (AvgIpc) is 2.84. The number of hydrogen-bond donors (Lipinski definition) is 2. The molecule has 0 fully saturated rings. The van der Waals surface area contributed by atoms with Crippen molar-refractivity contribution in [2.75, 3.05) is 29.6 Å². The summed E-state index contributed by atoms with van der Waals surface area (Å²) in [6.45, 7) is 2.12. The van der Waals surface area contributed by atoms with E-state index in [0.29, 0.717) is 11.9 Å². The lowest BCUT2D eigenvalue weighted by Gasteiger charge is -2.11. The van der Waals surface area contributed by atoms with Gasteiger partial charge in [0.25, 0.3) is 0 Å². The maximum absolute atomic E-state index is 6.11. The van der Waals surface area contributed by atoms with Crippen LogP contribution in [0.1, 0.15) is 12.5 Å². The van der Waals surface area contributed by atoms with Crippen LogP contribution in [0.25, 0.3) is 0 Å². The van der Waals surface area contributed by atoms with Crippen LogP contribution in [-0.2, 0) is 6.42 Å². The molecule has 9 heteroatoms. The van der Waals surface area contributed by atoms with Crippen molar-refractivity contribution in [2.24, 2.45) is 10.2 Å². The summed E-state index contributed by atoms with van der Waals surface area (Å²) in [7, 11) is 4.00. The Morgan fingerprint density at radius 1 is 0.706 bits per heavy atom. The monoisotopic (exact) mass is 472 g/mol. The molecular weight excluding hydrogens is 448 g/mol. The van der Waals surface area contributed by atoms with E-state index in [-0.39, 0.29) is 5.28 Å². The molecule has 3 aromatic carbocycles. The van der Waals surface area contributed by atoms with Gasteiger partial charge >= 0.3 is 0 Å². The highest BCUT2D eigenvalue weighted by atomic mass is 35.5. The molecule has 4 aromatic rings. The third kappa shape index (κ3) is 6.26. The van der Waals surface area contributed by atoms with Crippen LogP contribution in [0, 0.1) is 0 Å². The predicted octanol–water partition coefficient (Wildman–Crippen LogP) is 7.06. The number of nitrogens with one attached hydrogen (secondary N) is 2. The molecule has 0 aliphatic carbocycles. The Labute approximate surface area is 203 Å². The molecule has 4 rings (SSSR count). The highest BCUT2D eigenvalue weighted by Crippen LogP contribution is 2.24. The molecule has 1 heterocycles. The maximum Gasteiger partial charge on any atom is 0.233 e. The second-order valence-electron chi connectivity index (χ2n) is 7.71. The summed E-state index contributed by atoms with van der Waals surface area (Å²) >= 11 is 6.11. The minimum absolute atomic E-state index is 0.0934. The average molecular weight is 473 g/mol. The SMILES string of the molecule is CCc1ccc(Nc2nc(Cl)nc(Nc3ccc(N=Nc4ccc(N(C)C)cc4)cc3)n2)cc1. The summed E-state index contributed by atoms with van der Waals surface area (Å²) in [5, 5.41) is 15.0. The predicted molar refractivity (Wildman–Crippen MR) is 139 cm³/mol. The van der Waals surface area contributed by atoms with Crippen LogP contribution in [0.3, 0.4) is 0 Å². The number of halogens is 1. The molecule has 0 radical (unpaired) electrons. The van der Waals surface area contributed by atoms with Crippen LogP contribution in [0.15, 0.2) is 83.0 Å². The van der Waals surface area contributed by atoms with Crippen molar-refractivity contribution in [1.82, 2.24) is 15.0 Å². The van der Waals surface area contributed by atoms with Gasteiger partial charge in [-0.25, -0.2) is 0 Å². The fourth-order valence-electron chi connectivity index (χ4n) is 3.09. The highest BCUT2D eigenvalue weighted by molar-refractivity contribution is 6.28. The molecular formula is C25H25ClN8. The van der Waals surface area contributed by atoms with Crippen LogP contribution in [0.4, 0.5) is 40.3 Å². The number of azo groups is 1. The first kappa shape index (κ1) is 23.1. The van der Waals surface area contributed by atoms with E-state index in [1.165, 1.54) is 5.56 Å². The second-order valence-corrected chi connectivity index (χ2v) is 8.05. The minimum Gasteiger partial charge on any atom is -0.378 e. The second kappa shape index (κ2) is 10.7. The largest absolute Gasteiger partial charge is 0.378 e. The zero-order valence-corrected chi connectivity index (χ0v) is 20.0. The maximum atomic E-state index is 6.11. The summed E-state index contributed by atoms with van der Waals surface area (Å²) < 4.78 is 0. The van der Waals surface area contributed by atoms with Gasteiger partial charge in [-0.1, -0.05) is 19.1 Å². The lowest BCUT2D eigenvalue weighted by atomic mass is 10.1. The van der Waals surface area contributed by atoms with Crippen LogP contribution >= 0.6 is 11.6 Å². The Hall–Kier alpha value is -4.04. The van der Waals surface area contributed by atoms with Crippen molar-refractivity contribution in [3.8, 4) is 0 Å². The van der Waals surface area contributed by atoms with Crippen molar-refractivity contribution >= 4 is 51.9 Å². The summed E-state index contributed by atoms with van der Waals surface area (Å²) in [5.74, 6) is 0.695. The molecule has 0 saturated heterocycles. The van der Waals surface area contributed by atoms with Crippen LogP contribution in [0.2, 0.25) is 5.28 Å². The van der Waals surface area contributed by atoms with Gasteiger partial charge in [0.05, 0.1) is 11.4 Å². The Morgan fingerprint density at radius 3 is 1.65 bits per heavy atom. The third-order valence-corrected chi connectivity index (χ3v) is 5.17. The normalized spacial score (nSPS) is 10.9. The van der Waals surface area contributed by atoms with Crippen molar-refractivity contribution in [2.45, 2.75) is 13.3 Å². The number of aryl methyl sites for hydroxylation is 1. The molecule has 0 saturated carbocycles. The van der Waals surface area contributed by atoms with Gasteiger partial charge in [0.2, 0.25) is 17.2 Å². The van der Waals surface area contributed by atoms with Gasteiger partial charge in [0.15, 0.2) is 0 Å². The number of nitrogens with zero attached hydrogens (tertiary/aromatic N) is 6. The van der Waals surface area contributed by atoms with Gasteiger partial charge in [0, 0.05) is 31.2 Å². The quantitative estimate of drug-likeness (QED) is 0.267. The van der Waals surface area contributed by atoms with Gasteiger partial charge in [0.1, 0.15) is 0 Å². The van der Waals surface area contributed by atoms with E-state index in [4.69, 9.17) is 11.6 Å². The smallest absolute Gasteiger partial charge is 0.233 e. The van der Waals surface area contributed by atoms with Crippen molar-refractivity contribution in [1.29, 1.82) is 0 Å². The van der Waals surface area contributed by atoms with Crippen LogP contribution in [-0.4, -0.2) is 29.0 Å². The van der Waals surface area contributed by atoms with Gasteiger partial charge in [-0.05, 0) is 84.2 Å². The van der Waals surface area contributed by atoms with E-state index in [9.17, 15) is 0 Å². The summed E-state index contributed by atoms with van der Waals surface area (Å²) in [5.41, 5.74) is 5.55. The molecule has 0 atom stereocenters. The molecule has 0 spiro atoms. The Morgan fingerprint density at radius 2 is 1.18 bits per heavy atom. The van der Waals surface area contributed by atoms with Gasteiger partial charge in [-0.2, -0.15) is 25.2 Å². The fourth-order valence-corrected chi connectivity index (χ4v) is 3.25. The zero-order valence-electron chi connectivity index (χ0n) is 19.2. The lowest BCUT2D eigenvalue weighted by molar-refractivity contribution is 1.06. The standard InChI is InChI=1S/C25H25ClN8/c1-4-17-5-7-18(8-6-17)27-24-29-23(26)30-25(31-24)28-19-9-11-20(12-10-19)32-33-21-13-15-22(16-14-21)34(2)3/h5-16H,4H2,1-3H3,(H2,27,28,29,30,31). The molecule has 0 bridgehead atoms. The zero-order chi connectivity index (χ0) is 23.9. The number of hydrogen-bond acceptors (Lipinski definition) is 8. The molecule has 0 unspecified atom stereocenters. The van der Waals surface area contributed by atoms with E-state index in [0.717, 1.165) is 34.9 Å². The van der Waals surface area contributed by atoms with E-state index >= 15 is 0 Å². The van der Waals surface area contributed by atoms with E-state index < -0.39 is 0 Å². The fraction of sp³-hybridized carbons (Fsp3) is 0.160. The lowest BCUT2D eigenvalue weighted by Crippen LogP contribution is -2.07. The van der Waals surface area contributed by atoms with Crippen molar-refractivity contribution in [3.63, 3.8) is 0 Å². The Bertz CT molecular complexity index is 1250. The van der Waals surface area contributed by atoms with Gasteiger partial charge in [-0.15, -0.1) is 0 Å². The summed E-state index contributed by atoms with van der Waals surface area (Å²) in [4.78, 5) is 14.8.